The van der Waals surface area contributed by atoms with Gasteiger partial charge in [-0.05, 0) is 76.1 Å². The molecule has 1 aliphatic rings. The summed E-state index contributed by atoms with van der Waals surface area (Å²) in [6.07, 6.45) is 6.46. The molecule has 2 N–H and O–H groups in total. The van der Waals surface area contributed by atoms with Gasteiger partial charge in [0.2, 0.25) is 0 Å². The Labute approximate surface area is 176 Å². The molecular formula is C24H37N3O2. The van der Waals surface area contributed by atoms with E-state index in [-0.39, 0.29) is 11.2 Å². The van der Waals surface area contributed by atoms with Crippen molar-refractivity contribution in [3.8, 4) is 6.07 Å². The lowest BCUT2D eigenvalue weighted by Gasteiger charge is -2.28. The van der Waals surface area contributed by atoms with Crippen LogP contribution in [0.1, 0.15) is 65.9 Å². The van der Waals surface area contributed by atoms with Crippen molar-refractivity contribution in [1.29, 1.82) is 5.26 Å². The van der Waals surface area contributed by atoms with Gasteiger partial charge in [0.05, 0.1) is 5.60 Å². The first-order valence-electron chi connectivity index (χ1n) is 10.5. The molecule has 0 atom stereocenters. The zero-order chi connectivity index (χ0) is 21.9. The second kappa shape index (κ2) is 12.3. The normalized spacial score (nSPS) is 14.8. The van der Waals surface area contributed by atoms with Gasteiger partial charge in [-0.25, -0.2) is 0 Å². The molecule has 1 saturated heterocycles. The number of piperidine rings is 1. The van der Waals surface area contributed by atoms with Crippen molar-refractivity contribution in [2.24, 2.45) is 11.7 Å². The minimum Gasteiger partial charge on any atom is -0.376 e. The Hall–Kier alpha value is -2.32. The molecule has 1 aromatic rings. The highest BCUT2D eigenvalue weighted by Gasteiger charge is 2.11. The Balaban J connectivity index is 0.000000359. The molecule has 1 fully saturated rings. The molecule has 2 rings (SSSR count). The monoisotopic (exact) mass is 399 g/mol. The van der Waals surface area contributed by atoms with Gasteiger partial charge < -0.3 is 15.4 Å². The van der Waals surface area contributed by atoms with Gasteiger partial charge in [0.25, 0.3) is 5.91 Å². The minimum atomic E-state index is -0.692. The van der Waals surface area contributed by atoms with Gasteiger partial charge in [0, 0.05) is 25.4 Å². The number of nitriles is 1. The summed E-state index contributed by atoms with van der Waals surface area (Å²) in [5.74, 6) is 0.0601. The van der Waals surface area contributed by atoms with Crippen molar-refractivity contribution in [1.82, 2.24) is 0 Å². The lowest BCUT2D eigenvalue weighted by atomic mass is 10.1. The molecule has 5 heteroatoms. The Morgan fingerprint density at radius 2 is 1.79 bits per heavy atom. The van der Waals surface area contributed by atoms with Crippen LogP contribution in [0.15, 0.2) is 29.8 Å². The molecular weight excluding hydrogens is 362 g/mol. The smallest absolute Gasteiger partial charge is 0.259 e. The number of hydrogen-bond donors (Lipinski definition) is 1. The Kier molecular flexibility index (Phi) is 10.5. The standard InChI is InChI=1S/C15H17N3O.C9H20O/c16-11-13(15(17)19)10-12-4-6-14(7-5-12)18-8-2-1-3-9-18;1-8(2)6-7-10-9(3,4)5/h4-7,10H,1-3,8-9H2,(H2,17,19);8H,6-7H2,1-5H3/b13-10+;. The Morgan fingerprint density at radius 3 is 2.24 bits per heavy atom. The van der Waals surface area contributed by atoms with Crippen LogP contribution in [0.4, 0.5) is 5.69 Å². The minimum absolute atomic E-state index is 0.0225. The van der Waals surface area contributed by atoms with Crippen molar-refractivity contribution in [3.63, 3.8) is 0 Å². The maximum Gasteiger partial charge on any atom is 0.259 e. The van der Waals surface area contributed by atoms with E-state index in [0.717, 1.165) is 37.6 Å². The summed E-state index contributed by atoms with van der Waals surface area (Å²) in [5.41, 5.74) is 7.12. The van der Waals surface area contributed by atoms with Gasteiger partial charge in [0.1, 0.15) is 11.6 Å². The fourth-order valence-corrected chi connectivity index (χ4v) is 2.86. The van der Waals surface area contributed by atoms with Crippen molar-refractivity contribution < 1.29 is 9.53 Å². The average Bonchev–Trinajstić information content (AvgIpc) is 2.66. The molecule has 0 aliphatic carbocycles. The van der Waals surface area contributed by atoms with Crippen LogP contribution in [0.2, 0.25) is 0 Å². The molecule has 1 aromatic carbocycles. The first-order valence-corrected chi connectivity index (χ1v) is 10.5. The van der Waals surface area contributed by atoms with E-state index >= 15 is 0 Å². The van der Waals surface area contributed by atoms with Crippen LogP contribution < -0.4 is 10.6 Å². The third-order valence-electron chi connectivity index (χ3n) is 4.54. The van der Waals surface area contributed by atoms with E-state index in [1.165, 1.54) is 31.0 Å². The second-order valence-corrected chi connectivity index (χ2v) is 8.82. The van der Waals surface area contributed by atoms with E-state index in [0.29, 0.717) is 0 Å². The van der Waals surface area contributed by atoms with E-state index < -0.39 is 5.91 Å². The Morgan fingerprint density at radius 1 is 1.21 bits per heavy atom. The van der Waals surface area contributed by atoms with E-state index in [4.69, 9.17) is 15.7 Å². The quantitative estimate of drug-likeness (QED) is 0.544. The molecule has 5 nitrogen and oxygen atoms in total. The number of primary amides is 1. The number of nitrogens with zero attached hydrogens (tertiary/aromatic N) is 2. The fourth-order valence-electron chi connectivity index (χ4n) is 2.86. The van der Waals surface area contributed by atoms with Crippen LogP contribution in [-0.2, 0) is 9.53 Å². The van der Waals surface area contributed by atoms with Crippen LogP contribution >= 0.6 is 0 Å². The lowest BCUT2D eigenvalue weighted by molar-refractivity contribution is -0.114. The summed E-state index contributed by atoms with van der Waals surface area (Å²) >= 11 is 0. The molecule has 160 valence electrons. The summed E-state index contributed by atoms with van der Waals surface area (Å²) in [5, 5.41) is 8.79. The molecule has 1 heterocycles. The maximum atomic E-state index is 11.0. The third kappa shape index (κ3) is 10.7. The second-order valence-electron chi connectivity index (χ2n) is 8.82. The highest BCUT2D eigenvalue weighted by molar-refractivity contribution is 6.00. The summed E-state index contributed by atoms with van der Waals surface area (Å²) in [6.45, 7) is 13.8. The number of carbonyl (C=O) groups excluding carboxylic acids is 1. The summed E-state index contributed by atoms with van der Waals surface area (Å²) in [7, 11) is 0. The largest absolute Gasteiger partial charge is 0.376 e. The van der Waals surface area contributed by atoms with E-state index in [9.17, 15) is 4.79 Å². The van der Waals surface area contributed by atoms with Gasteiger partial charge in [-0.3, -0.25) is 4.79 Å². The maximum absolute atomic E-state index is 11.0. The third-order valence-corrected chi connectivity index (χ3v) is 4.54. The van der Waals surface area contributed by atoms with E-state index in [2.05, 4.69) is 39.5 Å². The van der Waals surface area contributed by atoms with Gasteiger partial charge in [-0.2, -0.15) is 5.26 Å². The number of nitrogens with two attached hydrogens (primary N) is 1. The van der Waals surface area contributed by atoms with Crippen LogP contribution in [0, 0.1) is 17.2 Å². The zero-order valence-electron chi connectivity index (χ0n) is 18.7. The predicted molar refractivity (Wildman–Crippen MR) is 120 cm³/mol. The summed E-state index contributed by atoms with van der Waals surface area (Å²) in [4.78, 5) is 13.3. The number of ether oxygens (including phenoxy) is 1. The molecule has 0 aromatic heterocycles. The number of carbonyl (C=O) groups is 1. The van der Waals surface area contributed by atoms with Crippen LogP contribution in [0.5, 0.6) is 0 Å². The number of hydrogen-bond acceptors (Lipinski definition) is 4. The van der Waals surface area contributed by atoms with E-state index in [1.54, 1.807) is 6.07 Å². The first-order chi connectivity index (χ1) is 13.6. The molecule has 1 amide bonds. The fraction of sp³-hybridized carbons (Fsp3) is 0.583. The van der Waals surface area contributed by atoms with Gasteiger partial charge >= 0.3 is 0 Å². The molecule has 0 spiro atoms. The number of benzene rings is 1. The molecule has 0 bridgehead atoms. The summed E-state index contributed by atoms with van der Waals surface area (Å²) in [6, 6.07) is 9.66. The summed E-state index contributed by atoms with van der Waals surface area (Å²) < 4.78 is 5.54. The number of amides is 1. The van der Waals surface area contributed by atoms with Crippen molar-refractivity contribution in [3.05, 3.63) is 35.4 Å². The zero-order valence-corrected chi connectivity index (χ0v) is 18.7. The van der Waals surface area contributed by atoms with Crippen LogP contribution in [0.3, 0.4) is 0 Å². The average molecular weight is 400 g/mol. The molecule has 0 radical (unpaired) electrons. The molecule has 1 aliphatic heterocycles. The Bertz CT molecular complexity index is 688. The number of anilines is 1. The predicted octanol–water partition coefficient (Wildman–Crippen LogP) is 4.92. The van der Waals surface area contributed by atoms with Crippen molar-refractivity contribution in [2.45, 2.75) is 65.9 Å². The van der Waals surface area contributed by atoms with Crippen molar-refractivity contribution in [2.75, 3.05) is 24.6 Å². The molecule has 0 saturated carbocycles. The number of rotatable bonds is 6. The molecule has 0 unspecified atom stereocenters. The van der Waals surface area contributed by atoms with Crippen molar-refractivity contribution >= 4 is 17.7 Å². The molecule has 29 heavy (non-hydrogen) atoms. The van der Waals surface area contributed by atoms with Crippen LogP contribution in [0.25, 0.3) is 6.08 Å². The first kappa shape index (κ1) is 24.7. The lowest BCUT2D eigenvalue weighted by Crippen LogP contribution is -2.29. The van der Waals surface area contributed by atoms with Gasteiger partial charge in [-0.1, -0.05) is 26.0 Å². The topological polar surface area (TPSA) is 79.3 Å². The van der Waals surface area contributed by atoms with Gasteiger partial charge in [-0.15, -0.1) is 0 Å². The highest BCUT2D eigenvalue weighted by atomic mass is 16.5. The van der Waals surface area contributed by atoms with Gasteiger partial charge in [0.15, 0.2) is 0 Å². The van der Waals surface area contributed by atoms with E-state index in [1.807, 2.05) is 24.3 Å². The van der Waals surface area contributed by atoms with Crippen LogP contribution in [-0.4, -0.2) is 31.2 Å². The highest BCUT2D eigenvalue weighted by Crippen LogP contribution is 2.21. The SMILES string of the molecule is CC(C)CCOC(C)(C)C.N#C/C(=C\c1ccc(N2CCCCC2)cc1)C(N)=O.